The Morgan fingerprint density at radius 3 is 2.54 bits per heavy atom. The van der Waals surface area contributed by atoms with Crippen LogP contribution in [0.4, 0.5) is 5.69 Å². The Morgan fingerprint density at radius 2 is 1.80 bits per heavy atom. The number of aromatic nitrogens is 1. The Balaban J connectivity index is 1.45. The molecule has 0 N–H and O–H groups in total. The average molecular weight is 561 g/mol. The van der Waals surface area contributed by atoms with Crippen molar-refractivity contribution in [3.8, 4) is 22.6 Å². The summed E-state index contributed by atoms with van der Waals surface area (Å²) in [6, 6.07) is 11.8. The van der Waals surface area contributed by atoms with Gasteiger partial charge in [-0.1, -0.05) is 44.7 Å². The number of ether oxygens (including phenoxy) is 2. The van der Waals surface area contributed by atoms with Gasteiger partial charge >= 0.3 is 0 Å². The highest BCUT2D eigenvalue weighted by atomic mass is 32.9. The first-order chi connectivity index (χ1) is 16.8. The van der Waals surface area contributed by atoms with Crippen LogP contribution in [0, 0.1) is 3.82 Å². The molecule has 2 aromatic carbocycles. The Hall–Kier alpha value is -1.98. The maximum absolute atomic E-state index is 13.7. The van der Waals surface area contributed by atoms with Crippen LogP contribution in [-0.2, 0) is 10.3 Å². The van der Waals surface area contributed by atoms with Crippen molar-refractivity contribution in [2.24, 2.45) is 0 Å². The average Bonchev–Trinajstić information content (AvgIpc) is 3.42. The standard InChI is InChI=1S/C25H24N2O3S5/c1-5-29-14-8-10-18-16(11-14)21-22(34-35-23(21)31)25(3,4)27(18)20(28)13-32-24-26-17-9-7-15(30-6-2)12-19(17)33-24/h7-12H,5-6,13H2,1-4H3. The zero-order valence-corrected chi connectivity index (χ0v) is 23.8. The summed E-state index contributed by atoms with van der Waals surface area (Å²) in [4.78, 5) is 21.5. The monoisotopic (exact) mass is 560 g/mol. The first-order valence-electron chi connectivity index (χ1n) is 11.2. The molecule has 182 valence electrons. The molecule has 0 fully saturated rings. The van der Waals surface area contributed by atoms with E-state index in [1.165, 1.54) is 11.8 Å². The lowest BCUT2D eigenvalue weighted by molar-refractivity contribution is -0.117. The molecule has 2 aromatic heterocycles. The molecule has 3 heterocycles. The van der Waals surface area contributed by atoms with E-state index in [0.717, 1.165) is 51.6 Å². The Kier molecular flexibility index (Phi) is 6.93. The van der Waals surface area contributed by atoms with Crippen molar-refractivity contribution in [1.29, 1.82) is 0 Å². The van der Waals surface area contributed by atoms with Crippen molar-refractivity contribution < 1.29 is 14.3 Å². The number of hydrogen-bond acceptors (Lipinski definition) is 9. The van der Waals surface area contributed by atoms with Crippen molar-refractivity contribution in [1.82, 2.24) is 4.98 Å². The van der Waals surface area contributed by atoms with Crippen molar-refractivity contribution in [2.45, 2.75) is 37.6 Å². The van der Waals surface area contributed by atoms with Crippen LogP contribution in [0.1, 0.15) is 32.6 Å². The number of thioether (sulfide) groups is 1. The Bertz CT molecular complexity index is 1470. The first-order valence-corrected chi connectivity index (χ1v) is 15.6. The topological polar surface area (TPSA) is 51.7 Å². The molecule has 4 aromatic rings. The molecule has 10 heteroatoms. The minimum Gasteiger partial charge on any atom is -0.494 e. The van der Waals surface area contributed by atoms with E-state index in [2.05, 4.69) is 13.8 Å². The van der Waals surface area contributed by atoms with E-state index >= 15 is 0 Å². The SMILES string of the molecule is CCOc1ccc2c(c1)-c1c(ssc1=S)C(C)(C)N2C(=O)CSc1nc2ccc(OCC)cc2s1. The number of thiazole rings is 1. The molecule has 0 bridgehead atoms. The number of hydrogen-bond donors (Lipinski definition) is 0. The lowest BCUT2D eigenvalue weighted by Gasteiger charge is -2.43. The summed E-state index contributed by atoms with van der Waals surface area (Å²) in [5.41, 5.74) is 3.31. The summed E-state index contributed by atoms with van der Waals surface area (Å²) in [7, 11) is 3.25. The fraction of sp³-hybridized carbons (Fsp3) is 0.320. The number of fused-ring (bicyclic) bond motifs is 4. The molecule has 0 spiro atoms. The molecule has 0 aliphatic carbocycles. The number of benzene rings is 2. The second-order valence-corrected chi connectivity index (χ2v) is 13.5. The maximum atomic E-state index is 13.7. The van der Waals surface area contributed by atoms with Crippen molar-refractivity contribution >= 4 is 77.8 Å². The van der Waals surface area contributed by atoms with E-state index in [4.69, 9.17) is 26.7 Å². The highest BCUT2D eigenvalue weighted by Gasteiger charge is 2.43. The van der Waals surface area contributed by atoms with E-state index in [1.54, 1.807) is 32.0 Å². The maximum Gasteiger partial charge on any atom is 0.238 e. The van der Waals surface area contributed by atoms with E-state index < -0.39 is 5.54 Å². The molecular weight excluding hydrogens is 537 g/mol. The van der Waals surface area contributed by atoms with Gasteiger partial charge in [-0.2, -0.15) is 0 Å². The van der Waals surface area contributed by atoms with Crippen molar-refractivity contribution in [3.05, 3.63) is 45.1 Å². The molecule has 1 amide bonds. The molecule has 0 unspecified atom stereocenters. The van der Waals surface area contributed by atoms with Crippen molar-refractivity contribution in [3.63, 3.8) is 0 Å². The fourth-order valence-electron chi connectivity index (χ4n) is 4.30. The van der Waals surface area contributed by atoms with Crippen LogP contribution < -0.4 is 14.4 Å². The molecule has 0 saturated heterocycles. The van der Waals surface area contributed by atoms with Crippen LogP contribution in [0.15, 0.2) is 40.7 Å². The van der Waals surface area contributed by atoms with Gasteiger partial charge in [0.15, 0.2) is 4.34 Å². The molecule has 0 saturated carbocycles. The molecule has 5 rings (SSSR count). The van der Waals surface area contributed by atoms with Gasteiger partial charge in [-0.3, -0.25) is 4.79 Å². The van der Waals surface area contributed by atoms with Gasteiger partial charge < -0.3 is 14.4 Å². The van der Waals surface area contributed by atoms with E-state index in [0.29, 0.717) is 19.0 Å². The third-order valence-electron chi connectivity index (χ3n) is 5.76. The normalized spacial score (nSPS) is 14.0. The third kappa shape index (κ3) is 4.51. The first kappa shape index (κ1) is 24.7. The van der Waals surface area contributed by atoms with Crippen LogP contribution in [0.3, 0.4) is 0 Å². The highest BCUT2D eigenvalue weighted by molar-refractivity contribution is 8.01. The van der Waals surface area contributed by atoms with E-state index in [-0.39, 0.29) is 5.91 Å². The van der Waals surface area contributed by atoms with Crippen LogP contribution in [0.5, 0.6) is 11.5 Å². The number of nitrogens with zero attached hydrogens (tertiary/aromatic N) is 2. The van der Waals surface area contributed by atoms with Gasteiger partial charge in [-0.25, -0.2) is 4.98 Å². The van der Waals surface area contributed by atoms with Gasteiger partial charge in [-0.05, 0) is 64.1 Å². The third-order valence-corrected chi connectivity index (χ3v) is 11.2. The molecular formula is C25H24N2O3S5. The minimum absolute atomic E-state index is 0.0367. The van der Waals surface area contributed by atoms with Crippen LogP contribution in [0.25, 0.3) is 21.3 Å². The molecule has 1 aliphatic heterocycles. The largest absolute Gasteiger partial charge is 0.494 e. The number of anilines is 1. The summed E-state index contributed by atoms with van der Waals surface area (Å²) in [6.07, 6.45) is 0. The summed E-state index contributed by atoms with van der Waals surface area (Å²) >= 11 is 8.76. The number of amides is 1. The van der Waals surface area contributed by atoms with Gasteiger partial charge in [0.05, 0.1) is 45.3 Å². The number of carbonyl (C=O) groups excluding carboxylic acids is 1. The Labute approximate surface area is 225 Å². The van der Waals surface area contributed by atoms with Gasteiger partial charge in [0.2, 0.25) is 5.91 Å². The summed E-state index contributed by atoms with van der Waals surface area (Å²) in [6.45, 7) is 9.33. The van der Waals surface area contributed by atoms with Crippen molar-refractivity contribution in [2.75, 3.05) is 23.9 Å². The lowest BCUT2D eigenvalue weighted by atomic mass is 9.87. The molecule has 35 heavy (non-hydrogen) atoms. The summed E-state index contributed by atoms with van der Waals surface area (Å²) in [5.74, 6) is 1.95. The van der Waals surface area contributed by atoms with Crippen LogP contribution in [0.2, 0.25) is 0 Å². The fourth-order valence-corrected chi connectivity index (χ4v) is 9.53. The predicted molar refractivity (Wildman–Crippen MR) is 152 cm³/mol. The second-order valence-electron chi connectivity index (χ2n) is 8.39. The zero-order valence-electron chi connectivity index (χ0n) is 19.7. The van der Waals surface area contributed by atoms with E-state index in [1.807, 2.05) is 55.1 Å². The zero-order chi connectivity index (χ0) is 24.7. The second kappa shape index (κ2) is 9.82. The summed E-state index contributed by atoms with van der Waals surface area (Å²) in [5, 5.41) is 0. The lowest BCUT2D eigenvalue weighted by Crippen LogP contribution is -2.48. The van der Waals surface area contributed by atoms with Gasteiger partial charge in [0.25, 0.3) is 0 Å². The van der Waals surface area contributed by atoms with Gasteiger partial charge in [-0.15, -0.1) is 11.3 Å². The quantitative estimate of drug-likeness (QED) is 0.130. The molecule has 1 aliphatic rings. The van der Waals surface area contributed by atoms with E-state index in [9.17, 15) is 4.79 Å². The number of rotatable bonds is 7. The molecule has 0 atom stereocenters. The minimum atomic E-state index is -0.509. The molecule has 0 radical (unpaired) electrons. The Morgan fingerprint density at radius 1 is 1.09 bits per heavy atom. The predicted octanol–water partition coefficient (Wildman–Crippen LogP) is 7.99. The number of carbonyl (C=O) groups is 1. The smallest absolute Gasteiger partial charge is 0.238 e. The van der Waals surface area contributed by atoms with Crippen LogP contribution in [-0.4, -0.2) is 29.9 Å². The van der Waals surface area contributed by atoms with Gasteiger partial charge in [0, 0.05) is 11.1 Å². The van der Waals surface area contributed by atoms with Crippen LogP contribution >= 0.6 is 56.0 Å². The van der Waals surface area contributed by atoms with Gasteiger partial charge in [0.1, 0.15) is 15.3 Å². The molecule has 5 nitrogen and oxygen atoms in total. The summed E-state index contributed by atoms with van der Waals surface area (Å²) < 4.78 is 14.1. The highest BCUT2D eigenvalue weighted by Crippen LogP contribution is 2.53.